The van der Waals surface area contributed by atoms with Crippen LogP contribution < -0.4 is 16.8 Å². The summed E-state index contributed by atoms with van der Waals surface area (Å²) in [6.45, 7) is -0.0712. The Morgan fingerprint density at radius 3 is 2.65 bits per heavy atom. The minimum atomic E-state index is -4.50. The molecule has 2 aromatic heterocycles. The van der Waals surface area contributed by atoms with Crippen LogP contribution in [0.2, 0.25) is 0 Å². The molecule has 0 unspecified atom stereocenters. The minimum Gasteiger partial charge on any atom is -0.309 e. The van der Waals surface area contributed by atoms with E-state index in [1.54, 1.807) is 18.2 Å². The predicted molar refractivity (Wildman–Crippen MR) is 66.9 cm³/mol. The van der Waals surface area contributed by atoms with Gasteiger partial charge in [0.15, 0.2) is 0 Å². The molecule has 0 atom stereocenters. The highest BCUT2D eigenvalue weighted by Gasteiger charge is 2.31. The number of alkyl halides is 3. The van der Waals surface area contributed by atoms with Crippen LogP contribution in [0.4, 0.5) is 19.0 Å². The number of pyridine rings is 2. The molecule has 0 bridgehead atoms. The van der Waals surface area contributed by atoms with E-state index in [4.69, 9.17) is 5.84 Å². The number of halogens is 3. The van der Waals surface area contributed by atoms with Crippen molar-refractivity contribution in [3.8, 4) is 0 Å². The van der Waals surface area contributed by atoms with E-state index >= 15 is 0 Å². The van der Waals surface area contributed by atoms with Gasteiger partial charge in [0.05, 0.1) is 17.8 Å². The lowest BCUT2D eigenvalue weighted by molar-refractivity contribution is -0.138. The first-order valence-corrected chi connectivity index (χ1v) is 5.60. The van der Waals surface area contributed by atoms with Crippen molar-refractivity contribution < 1.29 is 13.2 Å². The van der Waals surface area contributed by atoms with Gasteiger partial charge in [0.2, 0.25) is 0 Å². The first-order valence-electron chi connectivity index (χ1n) is 5.60. The van der Waals surface area contributed by atoms with Crippen molar-refractivity contribution in [2.75, 3.05) is 5.43 Å². The topological polar surface area (TPSA) is 72.9 Å². The first-order chi connectivity index (χ1) is 9.40. The van der Waals surface area contributed by atoms with Crippen LogP contribution in [-0.4, -0.2) is 9.55 Å². The molecule has 2 heterocycles. The fourth-order valence-electron chi connectivity index (χ4n) is 1.65. The molecular formula is C12H11F3N4O. The summed E-state index contributed by atoms with van der Waals surface area (Å²) >= 11 is 0. The smallest absolute Gasteiger partial charge is 0.309 e. The molecule has 0 aliphatic carbocycles. The molecule has 0 aliphatic rings. The van der Waals surface area contributed by atoms with Crippen molar-refractivity contribution in [1.82, 2.24) is 9.55 Å². The fraction of sp³-hybridized carbons (Fsp3) is 0.167. The van der Waals surface area contributed by atoms with Gasteiger partial charge >= 0.3 is 6.18 Å². The van der Waals surface area contributed by atoms with Gasteiger partial charge in [-0.15, -0.1) is 0 Å². The molecule has 0 radical (unpaired) electrons. The summed E-state index contributed by atoms with van der Waals surface area (Å²) in [5, 5.41) is 0. The molecular weight excluding hydrogens is 273 g/mol. The van der Waals surface area contributed by atoms with Crippen LogP contribution >= 0.6 is 0 Å². The van der Waals surface area contributed by atoms with E-state index in [0.29, 0.717) is 11.5 Å². The Hall–Kier alpha value is -2.35. The highest BCUT2D eigenvalue weighted by molar-refractivity contribution is 5.33. The lowest BCUT2D eigenvalue weighted by Gasteiger charge is -2.10. The van der Waals surface area contributed by atoms with Crippen LogP contribution in [0.5, 0.6) is 0 Å². The number of nitrogens with zero attached hydrogens (tertiary/aromatic N) is 2. The number of rotatable bonds is 3. The number of nitrogens with one attached hydrogen (secondary N) is 1. The maximum atomic E-state index is 12.6. The van der Waals surface area contributed by atoms with E-state index in [-0.39, 0.29) is 6.54 Å². The summed E-state index contributed by atoms with van der Waals surface area (Å²) in [7, 11) is 0. The first kappa shape index (κ1) is 14.1. The highest BCUT2D eigenvalue weighted by atomic mass is 19.4. The number of aromatic nitrogens is 2. The Labute approximate surface area is 111 Å². The molecule has 5 nitrogen and oxygen atoms in total. The van der Waals surface area contributed by atoms with Gasteiger partial charge in [-0.05, 0) is 18.2 Å². The average Bonchev–Trinajstić information content (AvgIpc) is 2.40. The summed E-state index contributed by atoms with van der Waals surface area (Å²) < 4.78 is 38.7. The number of anilines is 1. The van der Waals surface area contributed by atoms with Crippen molar-refractivity contribution in [3.05, 3.63) is 58.1 Å². The molecule has 2 rings (SSSR count). The predicted octanol–water partition coefficient (Wildman–Crippen LogP) is 1.60. The van der Waals surface area contributed by atoms with Gasteiger partial charge in [-0.25, -0.2) is 10.8 Å². The van der Waals surface area contributed by atoms with Crippen LogP contribution in [0.15, 0.2) is 41.3 Å². The Kier molecular flexibility index (Phi) is 3.75. The Balaban J connectivity index is 2.35. The van der Waals surface area contributed by atoms with Crippen molar-refractivity contribution in [1.29, 1.82) is 0 Å². The Bertz CT molecular complexity index is 666. The van der Waals surface area contributed by atoms with Gasteiger partial charge < -0.3 is 9.99 Å². The highest BCUT2D eigenvalue weighted by Crippen LogP contribution is 2.28. The standard InChI is InChI=1S/C12H11F3N4O/c13-12(14,15)8-4-5-11(20)19(6-8)7-9-2-1-3-10(17-9)18-16/h1-6H,7,16H2,(H,17,18). The second kappa shape index (κ2) is 5.33. The van der Waals surface area contributed by atoms with Gasteiger partial charge in [0, 0.05) is 12.3 Å². The molecule has 106 valence electrons. The third kappa shape index (κ3) is 3.15. The van der Waals surface area contributed by atoms with Crippen LogP contribution in [0, 0.1) is 0 Å². The van der Waals surface area contributed by atoms with Crippen molar-refractivity contribution in [2.45, 2.75) is 12.7 Å². The second-order valence-corrected chi connectivity index (χ2v) is 4.04. The molecule has 0 amide bonds. The number of nitrogens with two attached hydrogens (primary N) is 1. The van der Waals surface area contributed by atoms with E-state index in [1.807, 2.05) is 0 Å². The quantitative estimate of drug-likeness (QED) is 0.663. The third-order valence-corrected chi connectivity index (χ3v) is 2.60. The van der Waals surface area contributed by atoms with E-state index < -0.39 is 17.3 Å². The molecule has 0 aliphatic heterocycles. The SMILES string of the molecule is NNc1cccc(Cn2cc(C(F)(F)F)ccc2=O)n1. The van der Waals surface area contributed by atoms with E-state index in [0.717, 1.165) is 22.9 Å². The van der Waals surface area contributed by atoms with Gasteiger partial charge in [-0.3, -0.25) is 4.79 Å². The van der Waals surface area contributed by atoms with E-state index in [1.165, 1.54) is 0 Å². The number of hydrogen-bond donors (Lipinski definition) is 2. The second-order valence-electron chi connectivity index (χ2n) is 4.04. The summed E-state index contributed by atoms with van der Waals surface area (Å²) in [5.74, 6) is 5.56. The molecule has 0 spiro atoms. The maximum Gasteiger partial charge on any atom is 0.417 e. The van der Waals surface area contributed by atoms with E-state index in [2.05, 4.69) is 10.4 Å². The van der Waals surface area contributed by atoms with Gasteiger partial charge in [0.25, 0.3) is 5.56 Å². The van der Waals surface area contributed by atoms with Gasteiger partial charge in [-0.1, -0.05) is 6.07 Å². The molecule has 0 aromatic carbocycles. The largest absolute Gasteiger partial charge is 0.417 e. The van der Waals surface area contributed by atoms with Crippen molar-refractivity contribution >= 4 is 5.82 Å². The van der Waals surface area contributed by atoms with Crippen LogP contribution in [0.3, 0.4) is 0 Å². The third-order valence-electron chi connectivity index (χ3n) is 2.60. The Morgan fingerprint density at radius 2 is 2.00 bits per heavy atom. The number of nitrogen functional groups attached to an aromatic ring is 1. The van der Waals surface area contributed by atoms with Crippen molar-refractivity contribution in [3.63, 3.8) is 0 Å². The monoisotopic (exact) mass is 284 g/mol. The summed E-state index contributed by atoms with van der Waals surface area (Å²) in [6.07, 6.45) is -3.73. The fourth-order valence-corrected chi connectivity index (χ4v) is 1.65. The van der Waals surface area contributed by atoms with Crippen LogP contribution in [0.25, 0.3) is 0 Å². The summed E-state index contributed by atoms with van der Waals surface area (Å²) in [5.41, 5.74) is 1.32. The maximum absolute atomic E-state index is 12.6. The minimum absolute atomic E-state index is 0.0712. The zero-order chi connectivity index (χ0) is 14.8. The molecule has 2 aromatic rings. The number of hydrazine groups is 1. The molecule has 0 saturated carbocycles. The lowest BCUT2D eigenvalue weighted by atomic mass is 10.2. The Morgan fingerprint density at radius 1 is 1.25 bits per heavy atom. The zero-order valence-electron chi connectivity index (χ0n) is 10.2. The average molecular weight is 284 g/mol. The molecule has 8 heteroatoms. The van der Waals surface area contributed by atoms with Crippen LogP contribution in [-0.2, 0) is 12.7 Å². The summed E-state index contributed by atoms with van der Waals surface area (Å²) in [6, 6.07) is 6.46. The van der Waals surface area contributed by atoms with E-state index in [9.17, 15) is 18.0 Å². The molecule has 3 N–H and O–H groups in total. The lowest BCUT2D eigenvalue weighted by Crippen LogP contribution is -2.22. The molecule has 20 heavy (non-hydrogen) atoms. The van der Waals surface area contributed by atoms with Gasteiger partial charge in [0.1, 0.15) is 5.82 Å². The van der Waals surface area contributed by atoms with Crippen molar-refractivity contribution in [2.24, 2.45) is 5.84 Å². The summed E-state index contributed by atoms with van der Waals surface area (Å²) in [4.78, 5) is 15.6. The normalized spacial score (nSPS) is 11.4. The number of hydrogen-bond acceptors (Lipinski definition) is 4. The zero-order valence-corrected chi connectivity index (χ0v) is 10.2. The van der Waals surface area contributed by atoms with Crippen LogP contribution in [0.1, 0.15) is 11.3 Å². The molecule has 0 fully saturated rings. The van der Waals surface area contributed by atoms with Gasteiger partial charge in [-0.2, -0.15) is 13.2 Å². The molecule has 0 saturated heterocycles.